The third kappa shape index (κ3) is 1.99. The standard InChI is InChI=1S/C7H14N2.BrH/c1-3-8-6-5-7-9(8)4-2;/h5-6H,3-4,7H2,1-2H3;1H. The van der Waals surface area contributed by atoms with Crippen LogP contribution in [0.15, 0.2) is 12.3 Å². The Morgan fingerprint density at radius 2 is 2.00 bits per heavy atom. The first-order valence-corrected chi connectivity index (χ1v) is 3.56. The lowest BCUT2D eigenvalue weighted by molar-refractivity contribution is 0.0642. The first kappa shape index (κ1) is 9.98. The average molecular weight is 207 g/mol. The van der Waals surface area contributed by atoms with Crippen molar-refractivity contribution in [2.24, 2.45) is 0 Å². The Labute approximate surface area is 73.2 Å². The van der Waals surface area contributed by atoms with Gasteiger partial charge in [-0.2, -0.15) is 0 Å². The van der Waals surface area contributed by atoms with Crippen molar-refractivity contribution in [3.63, 3.8) is 0 Å². The Morgan fingerprint density at radius 3 is 2.40 bits per heavy atom. The van der Waals surface area contributed by atoms with Crippen molar-refractivity contribution in [1.82, 2.24) is 10.0 Å². The van der Waals surface area contributed by atoms with Gasteiger partial charge in [0.05, 0.1) is 0 Å². The van der Waals surface area contributed by atoms with Crippen LogP contribution in [-0.2, 0) is 0 Å². The van der Waals surface area contributed by atoms with E-state index in [1.165, 1.54) is 0 Å². The monoisotopic (exact) mass is 206 g/mol. The smallest absolute Gasteiger partial charge is 0.0378 e. The zero-order chi connectivity index (χ0) is 6.69. The third-order valence-corrected chi connectivity index (χ3v) is 1.65. The van der Waals surface area contributed by atoms with Crippen molar-refractivity contribution >= 4 is 17.0 Å². The van der Waals surface area contributed by atoms with Crippen molar-refractivity contribution in [2.75, 3.05) is 19.6 Å². The normalized spacial score (nSPS) is 17.6. The average Bonchev–Trinajstić information content (AvgIpc) is 2.33. The summed E-state index contributed by atoms with van der Waals surface area (Å²) < 4.78 is 0. The van der Waals surface area contributed by atoms with E-state index in [-0.39, 0.29) is 17.0 Å². The summed E-state index contributed by atoms with van der Waals surface area (Å²) in [6, 6.07) is 0. The summed E-state index contributed by atoms with van der Waals surface area (Å²) >= 11 is 0. The minimum atomic E-state index is 0. The molecule has 1 heterocycles. The number of hydrogen-bond donors (Lipinski definition) is 0. The van der Waals surface area contributed by atoms with Gasteiger partial charge in [-0.1, -0.05) is 13.0 Å². The first-order chi connectivity index (χ1) is 4.38. The van der Waals surface area contributed by atoms with Gasteiger partial charge in [-0.3, -0.25) is 0 Å². The van der Waals surface area contributed by atoms with Crippen LogP contribution in [0.3, 0.4) is 0 Å². The molecule has 0 atom stereocenters. The molecular weight excluding hydrogens is 192 g/mol. The molecule has 0 aromatic carbocycles. The van der Waals surface area contributed by atoms with E-state index in [0.717, 1.165) is 19.6 Å². The van der Waals surface area contributed by atoms with Gasteiger partial charge in [-0.25, -0.2) is 5.01 Å². The van der Waals surface area contributed by atoms with Crippen LogP contribution in [0.25, 0.3) is 0 Å². The number of hydrogen-bond acceptors (Lipinski definition) is 2. The predicted molar refractivity (Wildman–Crippen MR) is 49.1 cm³/mol. The molecule has 0 N–H and O–H groups in total. The quantitative estimate of drug-likeness (QED) is 0.679. The Hall–Kier alpha value is -0.0200. The van der Waals surface area contributed by atoms with Crippen molar-refractivity contribution < 1.29 is 0 Å². The number of likely N-dealkylation sites (N-methyl/N-ethyl adjacent to an activating group) is 1. The fraction of sp³-hybridized carbons (Fsp3) is 0.714. The zero-order valence-corrected chi connectivity index (χ0v) is 8.29. The number of nitrogens with zero attached hydrogens (tertiary/aromatic N) is 2. The van der Waals surface area contributed by atoms with E-state index in [1.807, 2.05) is 0 Å². The molecule has 0 radical (unpaired) electrons. The Bertz CT molecular complexity index is 114. The van der Waals surface area contributed by atoms with Gasteiger partial charge in [-0.15, -0.1) is 17.0 Å². The van der Waals surface area contributed by atoms with Crippen LogP contribution in [0.2, 0.25) is 0 Å². The molecule has 0 spiro atoms. The van der Waals surface area contributed by atoms with Gasteiger partial charge >= 0.3 is 0 Å². The summed E-state index contributed by atoms with van der Waals surface area (Å²) in [5.74, 6) is 0. The van der Waals surface area contributed by atoms with Crippen molar-refractivity contribution in [1.29, 1.82) is 0 Å². The summed E-state index contributed by atoms with van der Waals surface area (Å²) in [4.78, 5) is 0. The first-order valence-electron chi connectivity index (χ1n) is 3.56. The Kier molecular flexibility index (Phi) is 4.73. The van der Waals surface area contributed by atoms with Gasteiger partial charge in [0.15, 0.2) is 0 Å². The van der Waals surface area contributed by atoms with Crippen LogP contribution < -0.4 is 0 Å². The molecule has 10 heavy (non-hydrogen) atoms. The minimum absolute atomic E-state index is 0. The molecule has 0 saturated heterocycles. The van der Waals surface area contributed by atoms with Crippen molar-refractivity contribution in [3.05, 3.63) is 12.3 Å². The fourth-order valence-corrected chi connectivity index (χ4v) is 1.11. The van der Waals surface area contributed by atoms with Gasteiger partial charge < -0.3 is 5.01 Å². The second kappa shape index (κ2) is 4.74. The second-order valence-corrected chi connectivity index (χ2v) is 2.15. The topological polar surface area (TPSA) is 6.48 Å². The summed E-state index contributed by atoms with van der Waals surface area (Å²) in [6.45, 7) is 7.63. The summed E-state index contributed by atoms with van der Waals surface area (Å²) in [6.07, 6.45) is 4.33. The second-order valence-electron chi connectivity index (χ2n) is 2.15. The fourth-order valence-electron chi connectivity index (χ4n) is 1.11. The van der Waals surface area contributed by atoms with Gasteiger partial charge in [0.1, 0.15) is 0 Å². The molecule has 2 nitrogen and oxygen atoms in total. The molecule has 3 heteroatoms. The predicted octanol–water partition coefficient (Wildman–Crippen LogP) is 1.65. The lowest BCUT2D eigenvalue weighted by atomic mass is 10.6. The van der Waals surface area contributed by atoms with Crippen LogP contribution >= 0.6 is 17.0 Å². The molecular formula is C7H15BrN2. The van der Waals surface area contributed by atoms with Gasteiger partial charge in [0.2, 0.25) is 0 Å². The molecule has 0 unspecified atom stereocenters. The number of rotatable bonds is 2. The molecule has 0 aromatic heterocycles. The van der Waals surface area contributed by atoms with Crippen LogP contribution in [0, 0.1) is 0 Å². The van der Waals surface area contributed by atoms with Gasteiger partial charge in [0, 0.05) is 25.8 Å². The molecule has 1 aliphatic heterocycles. The highest BCUT2D eigenvalue weighted by Gasteiger charge is 2.09. The van der Waals surface area contributed by atoms with Gasteiger partial charge in [-0.05, 0) is 6.92 Å². The highest BCUT2D eigenvalue weighted by molar-refractivity contribution is 8.93. The maximum atomic E-state index is 2.31. The van der Waals surface area contributed by atoms with E-state index in [4.69, 9.17) is 0 Å². The Balaban J connectivity index is 0.000000810. The van der Waals surface area contributed by atoms with E-state index in [9.17, 15) is 0 Å². The molecule has 0 saturated carbocycles. The molecule has 1 rings (SSSR count). The molecule has 1 aliphatic rings. The lowest BCUT2D eigenvalue weighted by Crippen LogP contribution is -2.34. The Morgan fingerprint density at radius 1 is 1.30 bits per heavy atom. The highest BCUT2D eigenvalue weighted by atomic mass is 79.9. The van der Waals surface area contributed by atoms with E-state index >= 15 is 0 Å². The number of halogens is 1. The maximum absolute atomic E-state index is 2.31. The van der Waals surface area contributed by atoms with Gasteiger partial charge in [0.25, 0.3) is 0 Å². The minimum Gasteiger partial charge on any atom is -0.313 e. The largest absolute Gasteiger partial charge is 0.313 e. The summed E-state index contributed by atoms with van der Waals surface area (Å²) in [7, 11) is 0. The molecule has 0 fully saturated rings. The van der Waals surface area contributed by atoms with Crippen LogP contribution in [0.1, 0.15) is 13.8 Å². The highest BCUT2D eigenvalue weighted by Crippen LogP contribution is 2.04. The van der Waals surface area contributed by atoms with Crippen LogP contribution in [0.4, 0.5) is 0 Å². The van der Waals surface area contributed by atoms with Crippen molar-refractivity contribution in [2.45, 2.75) is 13.8 Å². The molecule has 0 amide bonds. The molecule has 60 valence electrons. The molecule has 0 aromatic rings. The van der Waals surface area contributed by atoms with Crippen molar-refractivity contribution in [3.8, 4) is 0 Å². The van der Waals surface area contributed by atoms with E-state index in [2.05, 4.69) is 36.1 Å². The molecule has 0 aliphatic carbocycles. The SMILES string of the molecule is Br.CCN1C=CCN1CC. The van der Waals surface area contributed by atoms with E-state index in [0.29, 0.717) is 0 Å². The number of hydrazine groups is 1. The molecule has 0 bridgehead atoms. The summed E-state index contributed by atoms with van der Waals surface area (Å²) in [5, 5.41) is 4.54. The van der Waals surface area contributed by atoms with E-state index in [1.54, 1.807) is 0 Å². The van der Waals surface area contributed by atoms with E-state index < -0.39 is 0 Å². The lowest BCUT2D eigenvalue weighted by Gasteiger charge is -2.26. The summed E-state index contributed by atoms with van der Waals surface area (Å²) in [5.41, 5.74) is 0. The zero-order valence-electron chi connectivity index (χ0n) is 6.58. The van der Waals surface area contributed by atoms with Crippen LogP contribution in [-0.4, -0.2) is 29.7 Å². The third-order valence-electron chi connectivity index (χ3n) is 1.65. The maximum Gasteiger partial charge on any atom is 0.0378 e. The van der Waals surface area contributed by atoms with Crippen LogP contribution in [0.5, 0.6) is 0 Å².